The Morgan fingerprint density at radius 1 is 1.24 bits per heavy atom. The van der Waals surface area contributed by atoms with E-state index in [0.29, 0.717) is 6.04 Å². The summed E-state index contributed by atoms with van der Waals surface area (Å²) in [5.41, 5.74) is 2.38. The molecule has 2 heterocycles. The van der Waals surface area contributed by atoms with Crippen LogP contribution < -0.4 is 5.32 Å². The fourth-order valence-electron chi connectivity index (χ4n) is 1.76. The molecule has 0 radical (unpaired) electrons. The predicted molar refractivity (Wildman–Crippen MR) is 68.6 cm³/mol. The van der Waals surface area contributed by atoms with E-state index in [1.807, 2.05) is 10.9 Å². The van der Waals surface area contributed by atoms with Crippen molar-refractivity contribution in [2.24, 2.45) is 7.05 Å². The van der Waals surface area contributed by atoms with Crippen LogP contribution in [-0.4, -0.2) is 14.3 Å². The van der Waals surface area contributed by atoms with Gasteiger partial charge in [-0.1, -0.05) is 0 Å². The highest BCUT2D eigenvalue weighted by atomic mass is 15.3. The van der Waals surface area contributed by atoms with Crippen molar-refractivity contribution >= 4 is 0 Å². The summed E-state index contributed by atoms with van der Waals surface area (Å²) >= 11 is 0. The van der Waals surface area contributed by atoms with Crippen LogP contribution in [0.15, 0.2) is 30.6 Å². The SMILES string of the molecule is CC(C)n1ccc(CNCc2cccn2C)n1. The van der Waals surface area contributed by atoms with Gasteiger partial charge in [0.15, 0.2) is 0 Å². The average molecular weight is 232 g/mol. The first kappa shape index (κ1) is 11.9. The van der Waals surface area contributed by atoms with Crippen LogP contribution in [0.25, 0.3) is 0 Å². The Kier molecular flexibility index (Phi) is 3.64. The molecule has 4 heteroatoms. The quantitative estimate of drug-likeness (QED) is 0.856. The van der Waals surface area contributed by atoms with Crippen molar-refractivity contribution in [2.75, 3.05) is 0 Å². The zero-order valence-corrected chi connectivity index (χ0v) is 10.7. The fourth-order valence-corrected chi connectivity index (χ4v) is 1.76. The summed E-state index contributed by atoms with van der Waals surface area (Å²) in [5, 5.41) is 7.90. The van der Waals surface area contributed by atoms with Gasteiger partial charge in [-0.05, 0) is 32.0 Å². The molecule has 0 bridgehead atoms. The molecule has 0 aliphatic carbocycles. The Balaban J connectivity index is 1.84. The Morgan fingerprint density at radius 2 is 2.06 bits per heavy atom. The second-order valence-electron chi connectivity index (χ2n) is 4.59. The lowest BCUT2D eigenvalue weighted by Gasteiger charge is -2.05. The van der Waals surface area contributed by atoms with E-state index in [2.05, 4.69) is 60.3 Å². The zero-order chi connectivity index (χ0) is 12.3. The second-order valence-corrected chi connectivity index (χ2v) is 4.59. The summed E-state index contributed by atoms with van der Waals surface area (Å²) in [7, 11) is 2.06. The first-order chi connectivity index (χ1) is 8.16. The van der Waals surface area contributed by atoms with E-state index in [-0.39, 0.29) is 0 Å². The van der Waals surface area contributed by atoms with Crippen LogP contribution in [0.1, 0.15) is 31.3 Å². The van der Waals surface area contributed by atoms with Crippen molar-refractivity contribution in [3.8, 4) is 0 Å². The molecule has 0 aliphatic rings. The molecule has 2 aromatic rings. The predicted octanol–water partition coefficient (Wildman–Crippen LogP) is 2.09. The first-order valence-electron chi connectivity index (χ1n) is 6.02. The van der Waals surface area contributed by atoms with E-state index < -0.39 is 0 Å². The average Bonchev–Trinajstić information content (AvgIpc) is 2.89. The van der Waals surface area contributed by atoms with Crippen LogP contribution in [0, 0.1) is 0 Å². The first-order valence-corrected chi connectivity index (χ1v) is 6.02. The molecule has 1 N–H and O–H groups in total. The summed E-state index contributed by atoms with van der Waals surface area (Å²) in [6.07, 6.45) is 4.09. The van der Waals surface area contributed by atoms with E-state index in [1.54, 1.807) is 0 Å². The van der Waals surface area contributed by atoms with Gasteiger partial charge in [-0.2, -0.15) is 5.10 Å². The largest absolute Gasteiger partial charge is 0.353 e. The number of hydrogen-bond donors (Lipinski definition) is 1. The minimum absolute atomic E-state index is 0.427. The van der Waals surface area contributed by atoms with Gasteiger partial charge in [-0.25, -0.2) is 0 Å². The molecule has 0 aliphatic heterocycles. The van der Waals surface area contributed by atoms with Gasteiger partial charge in [-0.15, -0.1) is 0 Å². The summed E-state index contributed by atoms with van der Waals surface area (Å²) in [6.45, 7) is 5.95. The summed E-state index contributed by atoms with van der Waals surface area (Å²) < 4.78 is 4.11. The monoisotopic (exact) mass is 232 g/mol. The number of nitrogens with zero attached hydrogens (tertiary/aromatic N) is 3. The molecular weight excluding hydrogens is 212 g/mol. The lowest BCUT2D eigenvalue weighted by Crippen LogP contribution is -2.15. The lowest BCUT2D eigenvalue weighted by molar-refractivity contribution is 0.520. The summed E-state index contributed by atoms with van der Waals surface area (Å²) in [5.74, 6) is 0. The minimum Gasteiger partial charge on any atom is -0.353 e. The van der Waals surface area contributed by atoms with E-state index in [9.17, 15) is 0 Å². The molecule has 0 unspecified atom stereocenters. The molecule has 0 amide bonds. The Bertz CT molecular complexity index is 467. The van der Waals surface area contributed by atoms with Gasteiger partial charge in [0, 0.05) is 44.3 Å². The standard InChI is InChI=1S/C13H20N4/c1-11(2)17-8-6-12(15-17)9-14-10-13-5-4-7-16(13)3/h4-8,11,14H,9-10H2,1-3H3. The highest BCUT2D eigenvalue weighted by Crippen LogP contribution is 2.04. The third-order valence-corrected chi connectivity index (χ3v) is 2.86. The fraction of sp³-hybridized carbons (Fsp3) is 0.462. The van der Waals surface area contributed by atoms with Crippen LogP contribution in [0.3, 0.4) is 0 Å². The van der Waals surface area contributed by atoms with Crippen molar-refractivity contribution in [1.82, 2.24) is 19.7 Å². The van der Waals surface area contributed by atoms with Gasteiger partial charge in [0.2, 0.25) is 0 Å². The number of nitrogens with one attached hydrogen (secondary N) is 1. The van der Waals surface area contributed by atoms with E-state index in [4.69, 9.17) is 0 Å². The molecule has 0 aromatic carbocycles. The molecule has 0 saturated heterocycles. The van der Waals surface area contributed by atoms with Crippen LogP contribution in [0.5, 0.6) is 0 Å². The van der Waals surface area contributed by atoms with Gasteiger partial charge in [0.05, 0.1) is 5.69 Å². The van der Waals surface area contributed by atoms with Gasteiger partial charge in [-0.3, -0.25) is 4.68 Å². The summed E-state index contributed by atoms with van der Waals surface area (Å²) in [4.78, 5) is 0. The van der Waals surface area contributed by atoms with Crippen LogP contribution in [-0.2, 0) is 20.1 Å². The highest BCUT2D eigenvalue weighted by Gasteiger charge is 2.02. The van der Waals surface area contributed by atoms with Gasteiger partial charge >= 0.3 is 0 Å². The topological polar surface area (TPSA) is 34.8 Å². The normalized spacial score (nSPS) is 11.3. The van der Waals surface area contributed by atoms with Gasteiger partial charge in [0.1, 0.15) is 0 Å². The maximum atomic E-state index is 4.50. The molecule has 2 rings (SSSR count). The molecule has 0 atom stereocenters. The third kappa shape index (κ3) is 2.97. The Morgan fingerprint density at radius 3 is 2.65 bits per heavy atom. The number of hydrogen-bond acceptors (Lipinski definition) is 2. The van der Waals surface area contributed by atoms with Crippen molar-refractivity contribution in [3.05, 3.63) is 42.0 Å². The minimum atomic E-state index is 0.427. The van der Waals surface area contributed by atoms with Crippen LogP contribution in [0.2, 0.25) is 0 Å². The lowest BCUT2D eigenvalue weighted by atomic mass is 10.4. The third-order valence-electron chi connectivity index (χ3n) is 2.86. The molecule has 0 fully saturated rings. The maximum absolute atomic E-state index is 4.50. The number of rotatable bonds is 5. The maximum Gasteiger partial charge on any atom is 0.0762 e. The Labute approximate surface area is 102 Å². The molecule has 2 aromatic heterocycles. The van der Waals surface area contributed by atoms with Crippen LogP contribution in [0.4, 0.5) is 0 Å². The zero-order valence-electron chi connectivity index (χ0n) is 10.7. The number of aryl methyl sites for hydroxylation is 1. The van der Waals surface area contributed by atoms with Crippen molar-refractivity contribution in [1.29, 1.82) is 0 Å². The molecular formula is C13H20N4. The number of aromatic nitrogens is 3. The van der Waals surface area contributed by atoms with Crippen molar-refractivity contribution in [2.45, 2.75) is 33.0 Å². The molecule has 0 saturated carbocycles. The molecule has 92 valence electrons. The van der Waals surface area contributed by atoms with Gasteiger partial charge in [0.25, 0.3) is 0 Å². The second kappa shape index (κ2) is 5.19. The molecule has 0 spiro atoms. The Hall–Kier alpha value is -1.55. The van der Waals surface area contributed by atoms with Crippen molar-refractivity contribution in [3.63, 3.8) is 0 Å². The van der Waals surface area contributed by atoms with E-state index in [1.165, 1.54) is 5.69 Å². The van der Waals surface area contributed by atoms with Crippen LogP contribution >= 0.6 is 0 Å². The van der Waals surface area contributed by atoms with E-state index in [0.717, 1.165) is 18.8 Å². The van der Waals surface area contributed by atoms with E-state index >= 15 is 0 Å². The molecule has 4 nitrogen and oxygen atoms in total. The van der Waals surface area contributed by atoms with Crippen molar-refractivity contribution < 1.29 is 0 Å². The highest BCUT2D eigenvalue weighted by molar-refractivity contribution is 5.06. The van der Waals surface area contributed by atoms with Gasteiger partial charge < -0.3 is 9.88 Å². The smallest absolute Gasteiger partial charge is 0.0762 e. The summed E-state index contributed by atoms with van der Waals surface area (Å²) in [6, 6.07) is 6.68. The molecule has 17 heavy (non-hydrogen) atoms.